The first-order valence-electron chi connectivity index (χ1n) is 6.50. The van der Waals surface area contributed by atoms with E-state index in [4.69, 9.17) is 11.5 Å². The standard InChI is InChI=1S/C13H24N4/c1-2-3-4-5-6-7-10-16-12-9-8-11(14)13(15)17-12/h8-9H,2-7,10,14H2,1H3,(H3,15,16,17). The smallest absolute Gasteiger partial charge is 0.149 e. The average Bonchev–Trinajstić information content (AvgIpc) is 2.32. The van der Waals surface area contributed by atoms with Crippen molar-refractivity contribution in [3.8, 4) is 0 Å². The van der Waals surface area contributed by atoms with E-state index in [1.807, 2.05) is 6.07 Å². The minimum Gasteiger partial charge on any atom is -0.396 e. The number of unbranched alkanes of at least 4 members (excludes halogenated alkanes) is 5. The SMILES string of the molecule is CCCCCCCCNc1ccc(N)c(N)n1. The second kappa shape index (κ2) is 7.76. The molecule has 0 aromatic carbocycles. The van der Waals surface area contributed by atoms with Crippen molar-refractivity contribution in [2.45, 2.75) is 45.4 Å². The average molecular weight is 236 g/mol. The molecule has 0 saturated heterocycles. The van der Waals surface area contributed by atoms with Crippen LogP contribution < -0.4 is 16.8 Å². The lowest BCUT2D eigenvalue weighted by atomic mass is 10.1. The third-order valence-electron chi connectivity index (χ3n) is 2.79. The summed E-state index contributed by atoms with van der Waals surface area (Å²) >= 11 is 0. The van der Waals surface area contributed by atoms with Crippen LogP contribution in [-0.4, -0.2) is 11.5 Å². The van der Waals surface area contributed by atoms with Gasteiger partial charge in [-0.15, -0.1) is 0 Å². The number of nitrogens with zero attached hydrogens (tertiary/aromatic N) is 1. The second-order valence-electron chi connectivity index (χ2n) is 4.37. The summed E-state index contributed by atoms with van der Waals surface area (Å²) < 4.78 is 0. The van der Waals surface area contributed by atoms with Crippen LogP contribution in [0.1, 0.15) is 45.4 Å². The molecule has 0 atom stereocenters. The normalized spacial score (nSPS) is 10.4. The molecule has 0 aliphatic heterocycles. The quantitative estimate of drug-likeness (QED) is 0.606. The van der Waals surface area contributed by atoms with Crippen LogP contribution in [0.3, 0.4) is 0 Å². The molecule has 1 heterocycles. The predicted octanol–water partition coefficient (Wildman–Crippen LogP) is 3.02. The number of hydrogen-bond donors (Lipinski definition) is 3. The summed E-state index contributed by atoms with van der Waals surface area (Å²) in [7, 11) is 0. The zero-order valence-electron chi connectivity index (χ0n) is 10.7. The number of pyridine rings is 1. The molecular formula is C13H24N4. The van der Waals surface area contributed by atoms with Gasteiger partial charge in [0.25, 0.3) is 0 Å². The van der Waals surface area contributed by atoms with Crippen LogP contribution in [-0.2, 0) is 0 Å². The van der Waals surface area contributed by atoms with E-state index in [2.05, 4.69) is 17.2 Å². The number of nitrogens with two attached hydrogens (primary N) is 2. The van der Waals surface area contributed by atoms with Crippen LogP contribution in [0.15, 0.2) is 12.1 Å². The Hall–Kier alpha value is -1.45. The van der Waals surface area contributed by atoms with Gasteiger partial charge in [-0.3, -0.25) is 0 Å². The molecule has 4 nitrogen and oxygen atoms in total. The topological polar surface area (TPSA) is 77.0 Å². The van der Waals surface area contributed by atoms with Crippen LogP contribution in [0.5, 0.6) is 0 Å². The zero-order valence-corrected chi connectivity index (χ0v) is 10.7. The fourth-order valence-corrected chi connectivity index (χ4v) is 1.71. The maximum atomic E-state index is 5.63. The molecule has 0 aliphatic carbocycles. The van der Waals surface area contributed by atoms with E-state index in [0.29, 0.717) is 11.5 Å². The molecule has 0 saturated carbocycles. The van der Waals surface area contributed by atoms with Gasteiger partial charge in [-0.25, -0.2) is 4.98 Å². The monoisotopic (exact) mass is 236 g/mol. The van der Waals surface area contributed by atoms with E-state index in [-0.39, 0.29) is 0 Å². The van der Waals surface area contributed by atoms with Gasteiger partial charge in [0.05, 0.1) is 5.69 Å². The van der Waals surface area contributed by atoms with Crippen molar-refractivity contribution < 1.29 is 0 Å². The second-order valence-corrected chi connectivity index (χ2v) is 4.37. The number of aromatic nitrogens is 1. The molecule has 0 unspecified atom stereocenters. The Labute approximate surface area is 104 Å². The molecule has 1 rings (SSSR count). The molecule has 1 aromatic heterocycles. The fourth-order valence-electron chi connectivity index (χ4n) is 1.71. The maximum absolute atomic E-state index is 5.63. The lowest BCUT2D eigenvalue weighted by molar-refractivity contribution is 0.617. The van der Waals surface area contributed by atoms with Crippen LogP contribution in [0, 0.1) is 0 Å². The number of nitrogens with one attached hydrogen (secondary N) is 1. The Balaban J connectivity index is 2.11. The molecule has 5 N–H and O–H groups in total. The number of hydrogen-bond acceptors (Lipinski definition) is 4. The van der Waals surface area contributed by atoms with Crippen molar-refractivity contribution in [3.05, 3.63) is 12.1 Å². The third-order valence-corrected chi connectivity index (χ3v) is 2.79. The molecule has 4 heteroatoms. The van der Waals surface area contributed by atoms with Gasteiger partial charge in [0.1, 0.15) is 11.6 Å². The largest absolute Gasteiger partial charge is 0.396 e. The third kappa shape index (κ3) is 5.43. The van der Waals surface area contributed by atoms with E-state index in [0.717, 1.165) is 12.4 Å². The minimum atomic E-state index is 0.401. The number of rotatable bonds is 8. The summed E-state index contributed by atoms with van der Waals surface area (Å²) in [6.45, 7) is 3.18. The highest BCUT2D eigenvalue weighted by Gasteiger charge is 1.98. The summed E-state index contributed by atoms with van der Waals surface area (Å²) in [6.07, 6.45) is 7.78. The van der Waals surface area contributed by atoms with Crippen molar-refractivity contribution >= 4 is 17.3 Å². The molecule has 1 aromatic rings. The molecule has 0 spiro atoms. The Morgan fingerprint density at radius 3 is 2.47 bits per heavy atom. The van der Waals surface area contributed by atoms with Crippen LogP contribution >= 0.6 is 0 Å². The zero-order chi connectivity index (χ0) is 12.5. The van der Waals surface area contributed by atoms with Gasteiger partial charge in [0, 0.05) is 6.54 Å². The Bertz CT molecular complexity index is 325. The Morgan fingerprint density at radius 2 is 1.76 bits per heavy atom. The lowest BCUT2D eigenvalue weighted by Crippen LogP contribution is -2.06. The van der Waals surface area contributed by atoms with E-state index in [1.165, 1.54) is 38.5 Å². The molecule has 0 bridgehead atoms. The summed E-state index contributed by atoms with van der Waals surface area (Å²) in [6, 6.07) is 3.65. The van der Waals surface area contributed by atoms with Crippen LogP contribution in [0.4, 0.5) is 17.3 Å². The summed E-state index contributed by atoms with van der Waals surface area (Å²) in [5.74, 6) is 1.21. The van der Waals surface area contributed by atoms with Crippen molar-refractivity contribution in [2.24, 2.45) is 0 Å². The number of nitrogen functional groups attached to an aromatic ring is 2. The molecule has 0 aliphatic rings. The summed E-state index contributed by atoms with van der Waals surface area (Å²) in [5, 5.41) is 3.26. The molecule has 0 radical (unpaired) electrons. The van der Waals surface area contributed by atoms with Gasteiger partial charge in [0.2, 0.25) is 0 Å². The van der Waals surface area contributed by atoms with Gasteiger partial charge in [-0.2, -0.15) is 0 Å². The first kappa shape index (κ1) is 13.6. The maximum Gasteiger partial charge on any atom is 0.149 e. The van der Waals surface area contributed by atoms with Crippen molar-refractivity contribution in [1.29, 1.82) is 0 Å². The first-order valence-corrected chi connectivity index (χ1v) is 6.50. The molecular weight excluding hydrogens is 212 g/mol. The van der Waals surface area contributed by atoms with Crippen LogP contribution in [0.2, 0.25) is 0 Å². The Kier molecular flexibility index (Phi) is 6.22. The van der Waals surface area contributed by atoms with Gasteiger partial charge in [-0.05, 0) is 18.6 Å². The molecule has 0 amide bonds. The van der Waals surface area contributed by atoms with Crippen LogP contribution in [0.25, 0.3) is 0 Å². The highest BCUT2D eigenvalue weighted by atomic mass is 15.0. The van der Waals surface area contributed by atoms with E-state index in [9.17, 15) is 0 Å². The van der Waals surface area contributed by atoms with Gasteiger partial charge in [-0.1, -0.05) is 39.0 Å². The number of anilines is 3. The summed E-state index contributed by atoms with van der Waals surface area (Å²) in [5.41, 5.74) is 11.8. The fraction of sp³-hybridized carbons (Fsp3) is 0.615. The van der Waals surface area contributed by atoms with Crippen molar-refractivity contribution in [3.63, 3.8) is 0 Å². The molecule has 0 fully saturated rings. The lowest BCUT2D eigenvalue weighted by Gasteiger charge is -2.07. The Morgan fingerprint density at radius 1 is 1.06 bits per heavy atom. The van der Waals surface area contributed by atoms with E-state index in [1.54, 1.807) is 6.07 Å². The predicted molar refractivity (Wildman–Crippen MR) is 74.9 cm³/mol. The molecule has 96 valence electrons. The highest BCUT2D eigenvalue weighted by molar-refractivity contribution is 5.61. The van der Waals surface area contributed by atoms with E-state index < -0.39 is 0 Å². The minimum absolute atomic E-state index is 0.401. The molecule has 17 heavy (non-hydrogen) atoms. The van der Waals surface area contributed by atoms with E-state index >= 15 is 0 Å². The van der Waals surface area contributed by atoms with Gasteiger partial charge in [0.15, 0.2) is 0 Å². The summed E-state index contributed by atoms with van der Waals surface area (Å²) in [4.78, 5) is 4.16. The van der Waals surface area contributed by atoms with Gasteiger partial charge < -0.3 is 16.8 Å². The van der Waals surface area contributed by atoms with Crippen molar-refractivity contribution in [2.75, 3.05) is 23.3 Å². The van der Waals surface area contributed by atoms with Gasteiger partial charge >= 0.3 is 0 Å². The highest BCUT2D eigenvalue weighted by Crippen LogP contribution is 2.14. The first-order chi connectivity index (χ1) is 8.24. The van der Waals surface area contributed by atoms with Crippen molar-refractivity contribution in [1.82, 2.24) is 4.98 Å².